The van der Waals surface area contributed by atoms with Gasteiger partial charge in [0.05, 0.1) is 0 Å². The van der Waals surface area contributed by atoms with Gasteiger partial charge in [-0.25, -0.2) is 0 Å². The molecule has 30 valence electrons. The molecule has 4 nitrogen and oxygen atoms in total. The van der Waals surface area contributed by atoms with Crippen molar-refractivity contribution in [2.45, 2.75) is 0 Å². The second-order valence-electron chi connectivity index (χ2n) is 0.795. The van der Waals surface area contributed by atoms with Crippen molar-refractivity contribution < 1.29 is 0 Å². The lowest BCUT2D eigenvalue weighted by atomic mass is 10.9. The Balaban J connectivity index is 2.86. The van der Waals surface area contributed by atoms with E-state index in [0.29, 0.717) is 5.82 Å². The summed E-state index contributed by atoms with van der Waals surface area (Å²) >= 11 is 0. The van der Waals surface area contributed by atoms with E-state index in [0.717, 1.165) is 0 Å². The monoisotopic (exact) mass is 82.0 g/mol. The summed E-state index contributed by atoms with van der Waals surface area (Å²) in [5, 5.41) is 13.0. The largest absolute Gasteiger partial charge is 0.192 e. The van der Waals surface area contributed by atoms with Gasteiger partial charge in [0, 0.05) is 0 Å². The minimum atomic E-state index is 0.370. The number of hydrogen-bond donors (Lipinski definition) is 0. The van der Waals surface area contributed by atoms with Gasteiger partial charge in [0.15, 0.2) is 5.82 Å². The number of hydrogen-bond acceptors (Lipinski definition) is 4. The molecule has 0 amide bonds. The van der Waals surface area contributed by atoms with E-state index < -0.39 is 0 Å². The van der Waals surface area contributed by atoms with Crippen molar-refractivity contribution >= 4 is 0 Å². The summed E-state index contributed by atoms with van der Waals surface area (Å²) in [6.07, 6.45) is 0. The summed E-state index contributed by atoms with van der Waals surface area (Å²) in [5.41, 5.74) is 0. The molecule has 0 aliphatic carbocycles. The van der Waals surface area contributed by atoms with Crippen LogP contribution in [0.25, 0.3) is 0 Å². The quantitative estimate of drug-likeness (QED) is 0.422. The van der Waals surface area contributed by atoms with E-state index in [1.54, 1.807) is 0 Å². The molecule has 0 aromatic rings. The van der Waals surface area contributed by atoms with E-state index in [9.17, 15) is 0 Å². The van der Waals surface area contributed by atoms with Gasteiger partial charge >= 0.3 is 0 Å². The van der Waals surface area contributed by atoms with Crippen molar-refractivity contribution in [1.82, 2.24) is 0 Å². The topological polar surface area (TPSA) is 49.4 Å². The van der Waals surface area contributed by atoms with Gasteiger partial charge in [0.1, 0.15) is 0 Å². The van der Waals surface area contributed by atoms with Crippen molar-refractivity contribution in [2.24, 2.45) is 20.7 Å². The third-order valence-electron chi connectivity index (χ3n) is 0.360. The molecule has 0 unspecified atom stereocenters. The normalized spacial score (nSPS) is 17.0. The molecule has 0 aromatic carbocycles. The van der Waals surface area contributed by atoms with E-state index in [1.807, 2.05) is 0 Å². The smallest absolute Gasteiger partial charge is 0.107 e. The summed E-state index contributed by atoms with van der Waals surface area (Å²) in [6, 6.07) is 0. The highest BCUT2D eigenvalue weighted by Gasteiger charge is 1.87. The fourth-order valence-electron chi connectivity index (χ4n) is 0.163. The Bertz CT molecular complexity index is 108. The summed E-state index contributed by atoms with van der Waals surface area (Å²) in [7, 11) is 0. The molecule has 0 atom stereocenters. The molecule has 0 fully saturated rings. The highest BCUT2D eigenvalue weighted by Crippen LogP contribution is 2.03. The maximum atomic E-state index is 3.33. The summed E-state index contributed by atoms with van der Waals surface area (Å²) in [6.45, 7) is 3.33. The summed E-state index contributed by atoms with van der Waals surface area (Å²) < 4.78 is 0. The standard InChI is InChI=1S/C2H2N4/c1-2-3-5-6-4-2/h1H2. The minimum Gasteiger partial charge on any atom is -0.107 e. The zero-order valence-corrected chi connectivity index (χ0v) is 3.00. The van der Waals surface area contributed by atoms with E-state index in [4.69, 9.17) is 0 Å². The van der Waals surface area contributed by atoms with Crippen LogP contribution in [-0.4, -0.2) is 0 Å². The molecular formula is C2H2N4. The minimum absolute atomic E-state index is 0.370. The molecule has 0 radical (unpaired) electrons. The molecule has 0 saturated carbocycles. The van der Waals surface area contributed by atoms with Crippen molar-refractivity contribution in [3.63, 3.8) is 0 Å². The van der Waals surface area contributed by atoms with Crippen molar-refractivity contribution in [3.05, 3.63) is 12.4 Å². The van der Waals surface area contributed by atoms with Crippen LogP contribution in [0.1, 0.15) is 0 Å². The lowest BCUT2D eigenvalue weighted by Crippen LogP contribution is -1.49. The first-order chi connectivity index (χ1) is 2.89. The Morgan fingerprint density at radius 3 is 1.83 bits per heavy atom. The second kappa shape index (κ2) is 0.965. The molecule has 1 aliphatic rings. The average Bonchev–Trinajstić information content (AvgIpc) is 1.86. The van der Waals surface area contributed by atoms with Crippen molar-refractivity contribution in [1.29, 1.82) is 0 Å². The molecular weight excluding hydrogens is 80.0 g/mol. The van der Waals surface area contributed by atoms with Crippen LogP contribution in [0.4, 0.5) is 0 Å². The molecule has 0 N–H and O–H groups in total. The molecule has 1 aliphatic heterocycles. The number of nitrogens with zero attached hydrogens (tertiary/aromatic N) is 4. The van der Waals surface area contributed by atoms with Gasteiger partial charge in [0.2, 0.25) is 0 Å². The highest BCUT2D eigenvalue weighted by molar-refractivity contribution is 4.85. The zero-order valence-electron chi connectivity index (χ0n) is 3.00. The molecule has 0 bridgehead atoms. The predicted molar refractivity (Wildman–Crippen MR) is 18.9 cm³/mol. The second-order valence-corrected chi connectivity index (χ2v) is 0.795. The van der Waals surface area contributed by atoms with Crippen LogP contribution in [0.15, 0.2) is 33.1 Å². The summed E-state index contributed by atoms with van der Waals surface area (Å²) in [4.78, 5) is 0. The van der Waals surface area contributed by atoms with Gasteiger partial charge in [-0.05, 0) is 10.4 Å². The molecule has 4 heteroatoms. The maximum absolute atomic E-state index is 3.33. The third-order valence-corrected chi connectivity index (χ3v) is 0.360. The molecule has 1 heterocycles. The van der Waals surface area contributed by atoms with Crippen LogP contribution in [0.5, 0.6) is 0 Å². The molecule has 0 saturated heterocycles. The van der Waals surface area contributed by atoms with Crippen LogP contribution < -0.4 is 0 Å². The molecule has 1 rings (SSSR count). The van der Waals surface area contributed by atoms with E-state index in [2.05, 4.69) is 27.3 Å². The van der Waals surface area contributed by atoms with Gasteiger partial charge in [-0.3, -0.25) is 0 Å². The van der Waals surface area contributed by atoms with Crippen LogP contribution in [-0.2, 0) is 0 Å². The Morgan fingerprint density at radius 1 is 1.17 bits per heavy atom. The average molecular weight is 82.1 g/mol. The van der Waals surface area contributed by atoms with Crippen molar-refractivity contribution in [3.8, 4) is 0 Å². The number of rotatable bonds is 0. The van der Waals surface area contributed by atoms with Crippen LogP contribution >= 0.6 is 0 Å². The van der Waals surface area contributed by atoms with Gasteiger partial charge in [-0.15, -0.1) is 10.2 Å². The van der Waals surface area contributed by atoms with Crippen LogP contribution in [0, 0.1) is 0 Å². The predicted octanol–water partition coefficient (Wildman–Crippen LogP) is 1.29. The fraction of sp³-hybridized carbons (Fsp3) is 0. The van der Waals surface area contributed by atoms with Crippen LogP contribution in [0.2, 0.25) is 0 Å². The Morgan fingerprint density at radius 2 is 1.67 bits per heavy atom. The Hall–Kier alpha value is -1.06. The molecule has 6 heavy (non-hydrogen) atoms. The third kappa shape index (κ3) is 0.314. The SMILES string of the molecule is C=C1N=NN=N1. The lowest BCUT2D eigenvalue weighted by molar-refractivity contribution is 1.06. The first kappa shape index (κ1) is 3.14. The maximum Gasteiger partial charge on any atom is 0.192 e. The Kier molecular flexibility index (Phi) is 0.506. The zero-order chi connectivity index (χ0) is 4.41. The summed E-state index contributed by atoms with van der Waals surface area (Å²) in [5.74, 6) is 0.370. The molecule has 0 spiro atoms. The van der Waals surface area contributed by atoms with Gasteiger partial charge in [-0.2, -0.15) is 0 Å². The first-order valence-corrected chi connectivity index (χ1v) is 1.40. The lowest BCUT2D eigenvalue weighted by Gasteiger charge is -1.63. The molecule has 0 aromatic heterocycles. The van der Waals surface area contributed by atoms with E-state index >= 15 is 0 Å². The van der Waals surface area contributed by atoms with E-state index in [-0.39, 0.29) is 0 Å². The van der Waals surface area contributed by atoms with Gasteiger partial charge in [0.25, 0.3) is 0 Å². The highest BCUT2D eigenvalue weighted by atomic mass is 15.5. The van der Waals surface area contributed by atoms with E-state index in [1.165, 1.54) is 0 Å². The van der Waals surface area contributed by atoms with Gasteiger partial charge in [-0.1, -0.05) is 6.58 Å². The fourth-order valence-corrected chi connectivity index (χ4v) is 0.163. The first-order valence-electron chi connectivity index (χ1n) is 1.40. The van der Waals surface area contributed by atoms with Gasteiger partial charge < -0.3 is 0 Å². The van der Waals surface area contributed by atoms with Crippen molar-refractivity contribution in [2.75, 3.05) is 0 Å². The van der Waals surface area contributed by atoms with Crippen LogP contribution in [0.3, 0.4) is 0 Å². The Labute approximate surface area is 34.3 Å².